The van der Waals surface area contributed by atoms with E-state index < -0.39 is 24.1 Å². The summed E-state index contributed by atoms with van der Waals surface area (Å²) < 4.78 is 5.14. The predicted molar refractivity (Wildman–Crippen MR) is 120 cm³/mol. The van der Waals surface area contributed by atoms with Crippen molar-refractivity contribution in [1.29, 1.82) is 0 Å². The molecule has 3 fully saturated rings. The van der Waals surface area contributed by atoms with E-state index in [-0.39, 0.29) is 18.4 Å². The number of benzene rings is 1. The number of imide groups is 1. The lowest BCUT2D eigenvalue weighted by atomic mass is 9.81. The van der Waals surface area contributed by atoms with Gasteiger partial charge >= 0.3 is 12.0 Å². The highest BCUT2D eigenvalue weighted by atomic mass is 16.5. The van der Waals surface area contributed by atoms with Gasteiger partial charge in [-0.3, -0.25) is 24.2 Å². The summed E-state index contributed by atoms with van der Waals surface area (Å²) in [7, 11) is 1.62. The molecule has 1 spiro atoms. The number of esters is 1. The molecule has 0 aromatic heterocycles. The van der Waals surface area contributed by atoms with Crippen LogP contribution in [0, 0.1) is 0 Å². The van der Waals surface area contributed by atoms with Gasteiger partial charge < -0.3 is 14.5 Å². The third-order valence-electron chi connectivity index (χ3n) is 7.10. The highest BCUT2D eigenvalue weighted by Crippen LogP contribution is 2.39. The first-order valence-corrected chi connectivity index (χ1v) is 11.7. The molecule has 0 bridgehead atoms. The average molecular weight is 457 g/mol. The van der Waals surface area contributed by atoms with E-state index in [1.54, 1.807) is 11.9 Å². The van der Waals surface area contributed by atoms with Crippen LogP contribution in [0.5, 0.6) is 0 Å². The first-order valence-electron chi connectivity index (χ1n) is 11.7. The Bertz CT molecular complexity index is 891. The van der Waals surface area contributed by atoms with Gasteiger partial charge in [-0.25, -0.2) is 4.79 Å². The van der Waals surface area contributed by atoms with E-state index in [0.717, 1.165) is 43.8 Å². The second-order valence-corrected chi connectivity index (χ2v) is 9.13. The Kier molecular flexibility index (Phi) is 6.97. The summed E-state index contributed by atoms with van der Waals surface area (Å²) in [5.74, 6) is -1.33. The predicted octanol–water partition coefficient (Wildman–Crippen LogP) is 1.47. The van der Waals surface area contributed by atoms with Crippen LogP contribution in [-0.4, -0.2) is 95.3 Å². The summed E-state index contributed by atoms with van der Waals surface area (Å²) in [6.45, 7) is 2.64. The van der Waals surface area contributed by atoms with Crippen LogP contribution in [0.4, 0.5) is 4.79 Å². The molecule has 4 rings (SSSR count). The molecule has 3 aliphatic rings. The maximum Gasteiger partial charge on any atom is 0.327 e. The minimum Gasteiger partial charge on any atom is -0.454 e. The summed E-state index contributed by atoms with van der Waals surface area (Å²) >= 11 is 0. The van der Waals surface area contributed by atoms with Crippen molar-refractivity contribution in [3.63, 3.8) is 0 Å². The van der Waals surface area contributed by atoms with E-state index in [0.29, 0.717) is 25.9 Å². The smallest absolute Gasteiger partial charge is 0.327 e. The van der Waals surface area contributed by atoms with E-state index in [2.05, 4.69) is 17.0 Å². The summed E-state index contributed by atoms with van der Waals surface area (Å²) in [5.41, 5.74) is 0.406. The van der Waals surface area contributed by atoms with E-state index in [4.69, 9.17) is 4.74 Å². The van der Waals surface area contributed by atoms with Crippen molar-refractivity contribution in [2.75, 3.05) is 46.4 Å². The van der Waals surface area contributed by atoms with Crippen LogP contribution in [0.1, 0.15) is 37.7 Å². The van der Waals surface area contributed by atoms with Crippen molar-refractivity contribution in [1.82, 2.24) is 19.6 Å². The molecule has 1 aromatic rings. The monoisotopic (exact) mass is 456 g/mol. The fraction of sp³-hybridized carbons (Fsp3) is 0.583. The zero-order valence-electron chi connectivity index (χ0n) is 19.2. The van der Waals surface area contributed by atoms with Crippen LogP contribution in [0.15, 0.2) is 30.3 Å². The van der Waals surface area contributed by atoms with Gasteiger partial charge in [-0.05, 0) is 18.4 Å². The Morgan fingerprint density at radius 1 is 0.970 bits per heavy atom. The number of rotatable bonds is 6. The van der Waals surface area contributed by atoms with Crippen LogP contribution in [0.3, 0.4) is 0 Å². The molecule has 2 heterocycles. The Balaban J connectivity index is 1.22. The van der Waals surface area contributed by atoms with Gasteiger partial charge in [-0.2, -0.15) is 0 Å². The first-order chi connectivity index (χ1) is 15.9. The zero-order valence-corrected chi connectivity index (χ0v) is 19.2. The molecular formula is C24H32N4O5. The van der Waals surface area contributed by atoms with Crippen LogP contribution in [0.2, 0.25) is 0 Å². The number of piperazine rings is 1. The molecule has 0 radical (unpaired) electrons. The van der Waals surface area contributed by atoms with E-state index >= 15 is 0 Å². The topological polar surface area (TPSA) is 90.5 Å². The largest absolute Gasteiger partial charge is 0.454 e. The van der Waals surface area contributed by atoms with Crippen molar-refractivity contribution in [2.45, 2.75) is 44.2 Å². The first kappa shape index (κ1) is 23.2. The van der Waals surface area contributed by atoms with Gasteiger partial charge in [0.05, 0.1) is 0 Å². The normalized spacial score (nSPS) is 21.1. The minimum absolute atomic E-state index is 0.261. The van der Waals surface area contributed by atoms with E-state index in [1.807, 2.05) is 18.2 Å². The molecule has 33 heavy (non-hydrogen) atoms. The summed E-state index contributed by atoms with van der Waals surface area (Å²) in [6.07, 6.45) is 4.05. The number of carbonyl (C=O) groups excluding carboxylic acids is 4. The van der Waals surface area contributed by atoms with Crippen molar-refractivity contribution in [2.24, 2.45) is 0 Å². The fourth-order valence-corrected chi connectivity index (χ4v) is 5.08. The minimum atomic E-state index is -0.829. The molecule has 1 aliphatic carbocycles. The molecule has 1 aromatic carbocycles. The molecule has 2 saturated heterocycles. The molecule has 2 aliphatic heterocycles. The third kappa shape index (κ3) is 4.88. The maximum atomic E-state index is 13.0. The van der Waals surface area contributed by atoms with E-state index in [9.17, 15) is 19.2 Å². The lowest BCUT2D eigenvalue weighted by Crippen LogP contribution is -2.50. The maximum absolute atomic E-state index is 13.0. The Morgan fingerprint density at radius 2 is 1.64 bits per heavy atom. The van der Waals surface area contributed by atoms with Crippen molar-refractivity contribution in [3.8, 4) is 0 Å². The molecule has 9 heteroatoms. The van der Waals surface area contributed by atoms with Crippen LogP contribution in [0.25, 0.3) is 0 Å². The van der Waals surface area contributed by atoms with Gasteiger partial charge in [0.1, 0.15) is 12.1 Å². The van der Waals surface area contributed by atoms with Crippen LogP contribution in [-0.2, 0) is 25.7 Å². The number of carbonyl (C=O) groups is 4. The second-order valence-electron chi connectivity index (χ2n) is 9.13. The number of amides is 4. The molecule has 9 nitrogen and oxygen atoms in total. The highest BCUT2D eigenvalue weighted by molar-refractivity contribution is 6.08. The molecule has 178 valence electrons. The number of nitrogens with zero attached hydrogens (tertiary/aromatic N) is 4. The highest BCUT2D eigenvalue weighted by Gasteiger charge is 2.56. The van der Waals surface area contributed by atoms with E-state index in [1.165, 1.54) is 10.5 Å². The Morgan fingerprint density at radius 3 is 2.30 bits per heavy atom. The molecule has 0 unspecified atom stereocenters. The SMILES string of the molecule is CN1C(=O)N(CC(=O)OCC(=O)N2CCN(Cc3ccccc3)CC2)C(=O)C12CCCCC2. The average Bonchev–Trinajstić information content (AvgIpc) is 3.00. The fourth-order valence-electron chi connectivity index (χ4n) is 5.08. The number of ether oxygens (including phenoxy) is 1. The lowest BCUT2D eigenvalue weighted by molar-refractivity contribution is -0.154. The standard InChI is InChI=1S/C24H32N4O5/c1-25-23(32)28(22(31)24(25)10-6-3-7-11-24)17-21(30)33-18-20(29)27-14-12-26(13-15-27)16-19-8-4-2-5-9-19/h2,4-5,8-9H,3,6-7,10-18H2,1H3. The number of hydrogen-bond donors (Lipinski definition) is 0. The van der Waals surface area contributed by atoms with Crippen molar-refractivity contribution < 1.29 is 23.9 Å². The molecule has 1 saturated carbocycles. The Hall–Kier alpha value is -2.94. The second kappa shape index (κ2) is 9.91. The van der Waals surface area contributed by atoms with Crippen molar-refractivity contribution >= 4 is 23.8 Å². The summed E-state index contributed by atoms with van der Waals surface area (Å²) in [6, 6.07) is 9.71. The molecular weight excluding hydrogens is 424 g/mol. The van der Waals surface area contributed by atoms with Gasteiger partial charge in [0.15, 0.2) is 6.61 Å². The van der Waals surface area contributed by atoms with Crippen molar-refractivity contribution in [3.05, 3.63) is 35.9 Å². The summed E-state index contributed by atoms with van der Waals surface area (Å²) in [5, 5.41) is 0. The van der Waals surface area contributed by atoms with Gasteiger partial charge in [0.25, 0.3) is 11.8 Å². The quantitative estimate of drug-likeness (QED) is 0.476. The third-order valence-corrected chi connectivity index (χ3v) is 7.10. The Labute approximate surface area is 194 Å². The van der Waals surface area contributed by atoms with Gasteiger partial charge in [-0.1, -0.05) is 49.6 Å². The van der Waals surface area contributed by atoms with Gasteiger partial charge in [0.2, 0.25) is 0 Å². The zero-order chi connectivity index (χ0) is 23.4. The summed E-state index contributed by atoms with van der Waals surface area (Å²) in [4.78, 5) is 56.8. The van der Waals surface area contributed by atoms with Crippen LogP contribution < -0.4 is 0 Å². The molecule has 0 atom stereocenters. The van der Waals surface area contributed by atoms with Crippen LogP contribution >= 0.6 is 0 Å². The number of hydrogen-bond acceptors (Lipinski definition) is 6. The number of urea groups is 1. The number of likely N-dealkylation sites (N-methyl/N-ethyl adjacent to an activating group) is 1. The molecule has 4 amide bonds. The van der Waals surface area contributed by atoms with Gasteiger partial charge in [-0.15, -0.1) is 0 Å². The van der Waals surface area contributed by atoms with Gasteiger partial charge in [0, 0.05) is 39.8 Å². The lowest BCUT2D eigenvalue weighted by Gasteiger charge is -2.35. The molecule has 0 N–H and O–H groups in total.